The van der Waals surface area contributed by atoms with Crippen molar-refractivity contribution in [3.63, 3.8) is 0 Å². The predicted octanol–water partition coefficient (Wildman–Crippen LogP) is 2.13. The topological polar surface area (TPSA) is 55.8 Å². The van der Waals surface area contributed by atoms with Gasteiger partial charge in [-0.3, -0.25) is 0 Å². The zero-order valence-corrected chi connectivity index (χ0v) is 12.0. The van der Waals surface area contributed by atoms with Gasteiger partial charge in [-0.25, -0.2) is 4.79 Å². The lowest BCUT2D eigenvalue weighted by atomic mass is 9.57. The highest BCUT2D eigenvalue weighted by molar-refractivity contribution is 5.87. The second-order valence-electron chi connectivity index (χ2n) is 6.62. The smallest absolute Gasteiger partial charge is 0.333 e. The molecule has 110 valence electrons. The first-order chi connectivity index (χ1) is 9.46. The standard InChI is InChI=1S/C16H22O4/c1-11(2)14(18)20-16-8-12-5-13(9-16)7-15(6-12,10-16)19-4-3-17/h8,13,17H,1,3-7,9-10H2,2H3. The Morgan fingerprint density at radius 2 is 2.35 bits per heavy atom. The molecule has 0 aromatic heterocycles. The summed E-state index contributed by atoms with van der Waals surface area (Å²) < 4.78 is 11.7. The maximum Gasteiger partial charge on any atom is 0.333 e. The quantitative estimate of drug-likeness (QED) is 0.475. The van der Waals surface area contributed by atoms with Gasteiger partial charge in [-0.1, -0.05) is 12.2 Å². The SMILES string of the molecule is C=C(C)C(=O)OC12C=C3CC(C1)CC(OCCO)(C3)C2. The van der Waals surface area contributed by atoms with Crippen molar-refractivity contribution >= 4 is 5.97 Å². The lowest BCUT2D eigenvalue weighted by Gasteiger charge is -2.56. The molecule has 4 heteroatoms. The second kappa shape index (κ2) is 4.71. The monoisotopic (exact) mass is 278 g/mol. The van der Waals surface area contributed by atoms with Crippen LogP contribution in [-0.4, -0.2) is 35.5 Å². The number of ether oxygens (including phenoxy) is 2. The van der Waals surface area contributed by atoms with Crippen LogP contribution in [0.3, 0.4) is 0 Å². The Kier molecular flexibility index (Phi) is 3.26. The van der Waals surface area contributed by atoms with Gasteiger partial charge in [0.05, 0.1) is 18.8 Å². The lowest BCUT2D eigenvalue weighted by Crippen LogP contribution is -2.57. The van der Waals surface area contributed by atoms with Crippen molar-refractivity contribution in [3.8, 4) is 0 Å². The molecule has 0 radical (unpaired) electrons. The van der Waals surface area contributed by atoms with Crippen LogP contribution < -0.4 is 0 Å². The average Bonchev–Trinajstić information content (AvgIpc) is 2.34. The fourth-order valence-electron chi connectivity index (χ4n) is 4.31. The summed E-state index contributed by atoms with van der Waals surface area (Å²) in [5.41, 5.74) is 1.01. The molecule has 3 atom stereocenters. The van der Waals surface area contributed by atoms with E-state index in [4.69, 9.17) is 14.6 Å². The first-order valence-corrected chi connectivity index (χ1v) is 7.30. The summed E-state index contributed by atoms with van der Waals surface area (Å²) in [6.45, 7) is 5.72. The molecule has 4 aliphatic carbocycles. The fraction of sp³-hybridized carbons (Fsp3) is 0.688. The third-order valence-electron chi connectivity index (χ3n) is 4.63. The molecule has 0 heterocycles. The minimum atomic E-state index is -0.514. The molecule has 0 saturated heterocycles. The highest BCUT2D eigenvalue weighted by atomic mass is 16.6. The normalized spacial score (nSPS) is 37.7. The van der Waals surface area contributed by atoms with Crippen LogP contribution in [0.4, 0.5) is 0 Å². The maximum atomic E-state index is 11.9. The van der Waals surface area contributed by atoms with E-state index in [2.05, 4.69) is 12.7 Å². The average molecular weight is 278 g/mol. The van der Waals surface area contributed by atoms with Gasteiger partial charge in [-0.15, -0.1) is 0 Å². The van der Waals surface area contributed by atoms with Gasteiger partial charge < -0.3 is 14.6 Å². The third kappa shape index (κ3) is 2.31. The van der Waals surface area contributed by atoms with Gasteiger partial charge in [0.2, 0.25) is 0 Å². The molecule has 3 unspecified atom stereocenters. The van der Waals surface area contributed by atoms with Crippen molar-refractivity contribution < 1.29 is 19.4 Å². The highest BCUT2D eigenvalue weighted by Gasteiger charge is 2.56. The summed E-state index contributed by atoms with van der Waals surface area (Å²) in [6.07, 6.45) is 6.76. The van der Waals surface area contributed by atoms with E-state index in [9.17, 15) is 4.79 Å². The molecule has 0 spiro atoms. The Hall–Kier alpha value is -1.13. The van der Waals surface area contributed by atoms with Crippen LogP contribution in [0.5, 0.6) is 0 Å². The number of rotatable bonds is 5. The zero-order valence-electron chi connectivity index (χ0n) is 12.0. The molecule has 2 fully saturated rings. The van der Waals surface area contributed by atoms with Crippen LogP contribution in [-0.2, 0) is 14.3 Å². The summed E-state index contributed by atoms with van der Waals surface area (Å²) in [5.74, 6) is 0.204. The third-order valence-corrected chi connectivity index (χ3v) is 4.63. The van der Waals surface area contributed by atoms with Crippen molar-refractivity contribution in [2.45, 2.75) is 50.2 Å². The number of aliphatic hydroxyl groups excluding tert-OH is 1. The van der Waals surface area contributed by atoms with Crippen LogP contribution in [0, 0.1) is 5.92 Å². The molecule has 2 saturated carbocycles. The summed E-state index contributed by atoms with van der Waals surface area (Å²) in [7, 11) is 0. The molecule has 1 N–H and O–H groups in total. The van der Waals surface area contributed by atoms with Crippen LogP contribution >= 0.6 is 0 Å². The van der Waals surface area contributed by atoms with Gasteiger partial charge in [-0.2, -0.15) is 0 Å². The largest absolute Gasteiger partial charge is 0.451 e. The first-order valence-electron chi connectivity index (χ1n) is 7.30. The van der Waals surface area contributed by atoms with Crippen molar-refractivity contribution in [1.29, 1.82) is 0 Å². The number of carbonyl (C=O) groups is 1. The Morgan fingerprint density at radius 3 is 3.00 bits per heavy atom. The first kappa shape index (κ1) is 13.8. The maximum absolute atomic E-state index is 11.9. The molecular weight excluding hydrogens is 256 g/mol. The molecule has 0 aromatic rings. The summed E-state index contributed by atoms with van der Waals surface area (Å²) in [6, 6.07) is 0. The van der Waals surface area contributed by atoms with E-state index in [-0.39, 0.29) is 18.2 Å². The summed E-state index contributed by atoms with van der Waals surface area (Å²) >= 11 is 0. The molecule has 4 rings (SSSR count). The van der Waals surface area contributed by atoms with Crippen molar-refractivity contribution in [2.24, 2.45) is 5.92 Å². The van der Waals surface area contributed by atoms with E-state index in [1.807, 2.05) is 0 Å². The van der Waals surface area contributed by atoms with Gasteiger partial charge in [0.1, 0.15) is 5.60 Å². The predicted molar refractivity (Wildman–Crippen MR) is 74.1 cm³/mol. The van der Waals surface area contributed by atoms with E-state index < -0.39 is 5.60 Å². The molecule has 0 aliphatic heterocycles. The van der Waals surface area contributed by atoms with Gasteiger partial charge in [0.25, 0.3) is 0 Å². The zero-order chi connectivity index (χ0) is 14.4. The minimum Gasteiger partial charge on any atom is -0.451 e. The molecule has 4 aliphatic rings. The molecule has 4 bridgehead atoms. The number of hydrogen-bond acceptors (Lipinski definition) is 4. The molecule has 4 nitrogen and oxygen atoms in total. The highest BCUT2D eigenvalue weighted by Crippen LogP contribution is 2.57. The molecular formula is C16H22O4. The summed E-state index contributed by atoms with van der Waals surface area (Å²) in [5, 5.41) is 9.01. The van der Waals surface area contributed by atoms with Crippen molar-refractivity contribution in [3.05, 3.63) is 23.8 Å². The minimum absolute atomic E-state index is 0.0318. The van der Waals surface area contributed by atoms with Crippen molar-refractivity contribution in [2.75, 3.05) is 13.2 Å². The van der Waals surface area contributed by atoms with Gasteiger partial charge in [0, 0.05) is 12.0 Å². The molecule has 20 heavy (non-hydrogen) atoms. The van der Waals surface area contributed by atoms with Gasteiger partial charge >= 0.3 is 5.97 Å². The summed E-state index contributed by atoms with van der Waals surface area (Å²) in [4.78, 5) is 11.9. The van der Waals surface area contributed by atoms with Crippen LogP contribution in [0.2, 0.25) is 0 Å². The lowest BCUT2D eigenvalue weighted by molar-refractivity contribution is -0.185. The van der Waals surface area contributed by atoms with Crippen molar-refractivity contribution in [1.82, 2.24) is 0 Å². The fourth-order valence-corrected chi connectivity index (χ4v) is 4.31. The van der Waals surface area contributed by atoms with E-state index in [1.165, 1.54) is 5.57 Å². The van der Waals surface area contributed by atoms with E-state index in [0.717, 1.165) is 25.7 Å². The number of esters is 1. The Balaban J connectivity index is 1.84. The van der Waals surface area contributed by atoms with Crippen LogP contribution in [0.15, 0.2) is 23.8 Å². The number of hydrogen-bond donors (Lipinski definition) is 1. The van der Waals surface area contributed by atoms with Crippen LogP contribution in [0.25, 0.3) is 0 Å². The van der Waals surface area contributed by atoms with E-state index in [1.54, 1.807) is 6.92 Å². The molecule has 0 aromatic carbocycles. The molecule has 0 amide bonds. The Labute approximate surface area is 119 Å². The van der Waals surface area contributed by atoms with Gasteiger partial charge in [0.15, 0.2) is 0 Å². The number of aliphatic hydroxyl groups is 1. The van der Waals surface area contributed by atoms with Gasteiger partial charge in [-0.05, 0) is 44.6 Å². The second-order valence-corrected chi connectivity index (χ2v) is 6.62. The van der Waals surface area contributed by atoms with E-state index >= 15 is 0 Å². The van der Waals surface area contributed by atoms with Crippen LogP contribution in [0.1, 0.15) is 39.0 Å². The Bertz CT molecular complexity index is 481. The Morgan fingerprint density at radius 1 is 1.55 bits per heavy atom. The number of carbonyl (C=O) groups excluding carboxylic acids is 1. The van der Waals surface area contributed by atoms with E-state index in [0.29, 0.717) is 24.5 Å².